The van der Waals surface area contributed by atoms with Crippen LogP contribution in [0.4, 0.5) is 0 Å². The highest BCUT2D eigenvalue weighted by Crippen LogP contribution is 2.29. The van der Waals surface area contributed by atoms with Gasteiger partial charge in [-0.2, -0.15) is 0 Å². The molecule has 0 radical (unpaired) electrons. The third-order valence-corrected chi connectivity index (χ3v) is 3.58. The molecular formula is C22H24O5. The molecule has 0 atom stereocenters. The summed E-state index contributed by atoms with van der Waals surface area (Å²) in [5, 5.41) is 0. The Kier molecular flexibility index (Phi) is 8.10. The number of carbonyl (C=O) groups excluding carboxylic acids is 2. The van der Waals surface area contributed by atoms with Gasteiger partial charge in [-0.3, -0.25) is 4.79 Å². The first-order valence-electron chi connectivity index (χ1n) is 8.96. The molecule has 0 N–H and O–H groups in total. The molecule has 2 aromatic rings. The molecule has 5 nitrogen and oxygen atoms in total. The fraction of sp³-hybridized carbons (Fsp3) is 0.273. The minimum absolute atomic E-state index is 0.242. The minimum Gasteiger partial charge on any atom is -0.490 e. The Labute approximate surface area is 159 Å². The fourth-order valence-electron chi connectivity index (χ4n) is 2.28. The van der Waals surface area contributed by atoms with E-state index in [-0.39, 0.29) is 12.4 Å². The summed E-state index contributed by atoms with van der Waals surface area (Å²) in [4.78, 5) is 23.8. The van der Waals surface area contributed by atoms with Gasteiger partial charge in [0.1, 0.15) is 0 Å². The Morgan fingerprint density at radius 3 is 2.44 bits per heavy atom. The lowest BCUT2D eigenvalue weighted by Crippen LogP contribution is -2.12. The van der Waals surface area contributed by atoms with Crippen LogP contribution in [0.15, 0.2) is 54.6 Å². The summed E-state index contributed by atoms with van der Waals surface area (Å²) in [6.45, 7) is 4.76. The minimum atomic E-state index is -0.580. The van der Waals surface area contributed by atoms with E-state index in [1.807, 2.05) is 32.0 Å². The van der Waals surface area contributed by atoms with Crippen molar-refractivity contribution in [2.24, 2.45) is 0 Å². The number of ketones is 1. The molecule has 0 saturated carbocycles. The van der Waals surface area contributed by atoms with Crippen LogP contribution < -0.4 is 9.47 Å². The van der Waals surface area contributed by atoms with Crippen LogP contribution in [0.3, 0.4) is 0 Å². The largest absolute Gasteiger partial charge is 0.490 e. The highest BCUT2D eigenvalue weighted by Gasteiger charge is 2.08. The molecule has 0 fully saturated rings. The van der Waals surface area contributed by atoms with Crippen LogP contribution in [0.5, 0.6) is 11.5 Å². The number of Topliss-reactive ketones (excluding diaryl/α,β-unsaturated/α-hetero) is 1. The summed E-state index contributed by atoms with van der Waals surface area (Å²) in [6, 6.07) is 14.1. The highest BCUT2D eigenvalue weighted by atomic mass is 16.5. The average molecular weight is 368 g/mol. The zero-order valence-corrected chi connectivity index (χ0v) is 15.6. The van der Waals surface area contributed by atoms with Gasteiger partial charge in [0, 0.05) is 11.6 Å². The van der Waals surface area contributed by atoms with Crippen LogP contribution in [0.1, 0.15) is 36.2 Å². The average Bonchev–Trinajstić information content (AvgIpc) is 2.70. The van der Waals surface area contributed by atoms with Crippen LogP contribution in [-0.4, -0.2) is 31.6 Å². The molecule has 0 heterocycles. The van der Waals surface area contributed by atoms with E-state index in [0.717, 1.165) is 12.0 Å². The van der Waals surface area contributed by atoms with Crippen molar-refractivity contribution in [3.8, 4) is 11.5 Å². The Morgan fingerprint density at radius 2 is 1.74 bits per heavy atom. The van der Waals surface area contributed by atoms with E-state index in [1.54, 1.807) is 36.4 Å². The van der Waals surface area contributed by atoms with Gasteiger partial charge >= 0.3 is 5.97 Å². The molecule has 5 heteroatoms. The number of benzene rings is 2. The first-order valence-corrected chi connectivity index (χ1v) is 8.96. The Morgan fingerprint density at radius 1 is 0.963 bits per heavy atom. The standard InChI is InChI=1S/C22H24O5/c1-3-14-26-20-12-10-17(15-21(20)25-4-2)11-13-22(24)27-16-19(23)18-8-6-5-7-9-18/h5-13,15H,3-4,14,16H2,1-2H3/b13-11+. The van der Waals surface area contributed by atoms with Gasteiger partial charge in [-0.05, 0) is 37.1 Å². The molecule has 0 saturated heterocycles. The lowest BCUT2D eigenvalue weighted by atomic mass is 10.1. The first-order chi connectivity index (χ1) is 13.1. The third-order valence-electron chi connectivity index (χ3n) is 3.58. The molecule has 0 amide bonds. The number of esters is 1. The van der Waals surface area contributed by atoms with Crippen molar-refractivity contribution in [1.29, 1.82) is 0 Å². The second-order valence-electron chi connectivity index (χ2n) is 5.72. The number of hydrogen-bond acceptors (Lipinski definition) is 5. The molecule has 0 aromatic heterocycles. The maximum atomic E-state index is 11.9. The van der Waals surface area contributed by atoms with Crippen LogP contribution in [-0.2, 0) is 9.53 Å². The molecule has 0 bridgehead atoms. The Hall–Kier alpha value is -3.08. The Balaban J connectivity index is 1.94. The number of ether oxygens (including phenoxy) is 3. The Bertz CT molecular complexity index is 781. The van der Waals surface area contributed by atoms with Crippen molar-refractivity contribution < 1.29 is 23.8 Å². The molecule has 2 aromatic carbocycles. The van der Waals surface area contributed by atoms with E-state index in [0.29, 0.717) is 30.3 Å². The van der Waals surface area contributed by atoms with Crippen molar-refractivity contribution in [3.63, 3.8) is 0 Å². The van der Waals surface area contributed by atoms with Crippen molar-refractivity contribution in [1.82, 2.24) is 0 Å². The van der Waals surface area contributed by atoms with Gasteiger partial charge in [0.15, 0.2) is 23.9 Å². The summed E-state index contributed by atoms with van der Waals surface area (Å²) in [5.41, 5.74) is 1.28. The van der Waals surface area contributed by atoms with Crippen molar-refractivity contribution in [3.05, 3.63) is 65.7 Å². The van der Waals surface area contributed by atoms with E-state index in [9.17, 15) is 9.59 Å². The molecule has 0 aliphatic carbocycles. The topological polar surface area (TPSA) is 61.8 Å². The molecule has 142 valence electrons. The van der Waals surface area contributed by atoms with Gasteiger partial charge < -0.3 is 14.2 Å². The molecule has 0 unspecified atom stereocenters. The van der Waals surface area contributed by atoms with Crippen LogP contribution in [0.2, 0.25) is 0 Å². The fourth-order valence-corrected chi connectivity index (χ4v) is 2.28. The maximum absolute atomic E-state index is 11.9. The zero-order chi connectivity index (χ0) is 19.5. The molecule has 27 heavy (non-hydrogen) atoms. The lowest BCUT2D eigenvalue weighted by molar-refractivity contribution is -0.136. The summed E-state index contributed by atoms with van der Waals surface area (Å²) >= 11 is 0. The van der Waals surface area contributed by atoms with Crippen molar-refractivity contribution in [2.45, 2.75) is 20.3 Å². The highest BCUT2D eigenvalue weighted by molar-refractivity contribution is 5.98. The number of carbonyl (C=O) groups is 2. The number of hydrogen-bond donors (Lipinski definition) is 0. The summed E-state index contributed by atoms with van der Waals surface area (Å²) in [6.07, 6.45) is 3.80. The zero-order valence-electron chi connectivity index (χ0n) is 15.6. The molecule has 0 spiro atoms. The van der Waals surface area contributed by atoms with E-state index in [4.69, 9.17) is 14.2 Å². The smallest absolute Gasteiger partial charge is 0.331 e. The van der Waals surface area contributed by atoms with Crippen LogP contribution in [0.25, 0.3) is 6.08 Å². The second kappa shape index (κ2) is 10.8. The lowest BCUT2D eigenvalue weighted by Gasteiger charge is -2.12. The van der Waals surface area contributed by atoms with Crippen LogP contribution >= 0.6 is 0 Å². The van der Waals surface area contributed by atoms with E-state index in [2.05, 4.69) is 0 Å². The van der Waals surface area contributed by atoms with Crippen molar-refractivity contribution >= 4 is 17.8 Å². The van der Waals surface area contributed by atoms with E-state index >= 15 is 0 Å². The maximum Gasteiger partial charge on any atom is 0.331 e. The molecule has 2 rings (SSSR count). The number of rotatable bonds is 10. The van der Waals surface area contributed by atoms with Gasteiger partial charge in [-0.1, -0.05) is 43.3 Å². The van der Waals surface area contributed by atoms with E-state index < -0.39 is 5.97 Å². The summed E-state index contributed by atoms with van der Waals surface area (Å²) in [5.74, 6) is 0.476. The van der Waals surface area contributed by atoms with Crippen molar-refractivity contribution in [2.75, 3.05) is 19.8 Å². The SMILES string of the molecule is CCCOc1ccc(/C=C/C(=O)OCC(=O)c2ccccc2)cc1OCC. The first kappa shape index (κ1) is 20.2. The van der Waals surface area contributed by atoms with E-state index in [1.165, 1.54) is 6.08 Å². The third kappa shape index (κ3) is 6.62. The van der Waals surface area contributed by atoms with Crippen LogP contribution in [0, 0.1) is 0 Å². The van der Waals surface area contributed by atoms with Gasteiger partial charge in [-0.15, -0.1) is 0 Å². The molecule has 0 aliphatic rings. The van der Waals surface area contributed by atoms with Gasteiger partial charge in [-0.25, -0.2) is 4.79 Å². The summed E-state index contributed by atoms with van der Waals surface area (Å²) < 4.78 is 16.2. The molecular weight excluding hydrogens is 344 g/mol. The van der Waals surface area contributed by atoms with Gasteiger partial charge in [0.25, 0.3) is 0 Å². The quantitative estimate of drug-likeness (QED) is 0.355. The molecule has 0 aliphatic heterocycles. The predicted molar refractivity (Wildman–Crippen MR) is 104 cm³/mol. The monoisotopic (exact) mass is 368 g/mol. The predicted octanol–water partition coefficient (Wildman–Crippen LogP) is 4.31. The second-order valence-corrected chi connectivity index (χ2v) is 5.72. The summed E-state index contributed by atoms with van der Waals surface area (Å²) in [7, 11) is 0. The normalized spacial score (nSPS) is 10.6. The van der Waals surface area contributed by atoms with Gasteiger partial charge in [0.05, 0.1) is 13.2 Å². The van der Waals surface area contributed by atoms with Gasteiger partial charge in [0.2, 0.25) is 0 Å².